The van der Waals surface area contributed by atoms with Crippen LogP contribution in [0.15, 0.2) is 192 Å². The summed E-state index contributed by atoms with van der Waals surface area (Å²) in [5, 5.41) is 21.7. The van der Waals surface area contributed by atoms with Crippen LogP contribution in [0.4, 0.5) is 57.9 Å². The number of aryl methyl sites for hydroxylation is 12. The minimum Gasteiger partial charge on any atom is -0.424 e. The van der Waals surface area contributed by atoms with Crippen molar-refractivity contribution in [1.29, 1.82) is 0 Å². The molecule has 4 heterocycles. The third-order valence-corrected chi connectivity index (χ3v) is 20.4. The Bertz CT molecular complexity index is 6110. The molecule has 6 N–H and O–H groups in total. The molecular weight excluding hydrogens is 1410 g/mol. The minimum absolute atomic E-state index is 0.000863. The number of ether oxygens (including phenoxy) is 2. The third-order valence-electron chi connectivity index (χ3n) is 20.4. The molecule has 0 spiro atoms. The monoisotopic (exact) mass is 1480 g/mol. The molecule has 554 valence electrons. The van der Waals surface area contributed by atoms with E-state index in [0.717, 1.165) is 55.6 Å². The summed E-state index contributed by atoms with van der Waals surface area (Å²) < 4.78 is 15.7. The summed E-state index contributed by atoms with van der Waals surface area (Å²) >= 11 is 0. The van der Waals surface area contributed by atoms with Crippen molar-refractivity contribution in [2.75, 3.05) is 45.0 Å². The lowest BCUT2D eigenvalue weighted by atomic mass is 9.80. The first-order valence-electron chi connectivity index (χ1n) is 36.6. The van der Waals surface area contributed by atoms with Crippen molar-refractivity contribution < 1.29 is 28.7 Å². The van der Waals surface area contributed by atoms with E-state index in [4.69, 9.17) is 39.4 Å². The summed E-state index contributed by atoms with van der Waals surface area (Å²) in [6, 6.07) is 55.2. The predicted molar refractivity (Wildman–Crippen MR) is 439 cm³/mol. The van der Waals surface area contributed by atoms with Crippen LogP contribution in [-0.2, 0) is 14.1 Å². The summed E-state index contributed by atoms with van der Waals surface area (Å²) in [6.07, 6.45) is 0. The highest BCUT2D eigenvalue weighted by molar-refractivity contribution is 6.32. The van der Waals surface area contributed by atoms with E-state index in [1.54, 1.807) is 123 Å². The van der Waals surface area contributed by atoms with E-state index in [1.165, 1.54) is 9.13 Å². The average Bonchev–Trinajstić information content (AvgIpc) is 0.711. The molecule has 4 aromatic heterocycles. The Kier molecular flexibility index (Phi) is 18.4. The highest BCUT2D eigenvalue weighted by Crippen LogP contribution is 2.47. The van der Waals surface area contributed by atoms with Gasteiger partial charge in [0.1, 0.15) is 11.5 Å². The smallest absolute Gasteiger partial charge is 0.328 e. The summed E-state index contributed by atoms with van der Waals surface area (Å²) in [4.78, 5) is 117. The van der Waals surface area contributed by atoms with Crippen LogP contribution in [0.5, 0.6) is 23.5 Å². The zero-order valence-electron chi connectivity index (χ0n) is 63.6. The van der Waals surface area contributed by atoms with Gasteiger partial charge in [0.05, 0.1) is 44.7 Å². The molecule has 0 radical (unpaired) electrons. The van der Waals surface area contributed by atoms with Gasteiger partial charge in [0.2, 0.25) is 23.8 Å². The van der Waals surface area contributed by atoms with E-state index in [-0.39, 0.29) is 71.6 Å². The molecule has 0 atom stereocenters. The van der Waals surface area contributed by atoms with Crippen LogP contribution in [0, 0.1) is 69.2 Å². The lowest BCUT2D eigenvalue weighted by Crippen LogP contribution is -2.29. The van der Waals surface area contributed by atoms with Gasteiger partial charge in [0.25, 0.3) is 11.1 Å². The summed E-state index contributed by atoms with van der Waals surface area (Å²) in [5.74, 6) is 0.273. The Morgan fingerprint density at radius 1 is 0.339 bits per heavy atom. The minimum atomic E-state index is -0.469. The van der Waals surface area contributed by atoms with Crippen LogP contribution in [0.2, 0.25) is 0 Å². The Hall–Kier alpha value is -14.3. The molecule has 16 rings (SSSR count). The summed E-state index contributed by atoms with van der Waals surface area (Å²) in [5.41, 5.74) is 16.5. The first-order valence-corrected chi connectivity index (χ1v) is 36.6. The van der Waals surface area contributed by atoms with Crippen LogP contribution in [0.25, 0.3) is 44.1 Å². The molecule has 0 unspecified atom stereocenters. The van der Waals surface area contributed by atoms with E-state index in [1.807, 2.05) is 142 Å². The highest BCUT2D eigenvalue weighted by atomic mass is 16.5. The van der Waals surface area contributed by atoms with E-state index >= 15 is 9.59 Å². The van der Waals surface area contributed by atoms with Crippen molar-refractivity contribution in [3.8, 4) is 45.8 Å². The molecule has 2 aliphatic rings. The SMILES string of the molecule is Cc1cc(C)cc(Oc2nc(NCCNc3nc(Nc4cc(Nc5ccc6c7c5C(=O)c5ccccc5-c7c(C(=O)c5cccc(C)c5)c(=O)n6C)c(C)cc4C)nc(Oc4cc(C)cc(C)c4)n3)nc(Nc3cc(Nc4ccc5c6c4C(=O)c4ccccc4-c6c(C(=O)c4cccc(C)c4)c(=O)n5C)c(C)cc3C)n2)c1. The number of pyridine rings is 2. The van der Waals surface area contributed by atoms with Crippen molar-refractivity contribution in [3.63, 3.8) is 0 Å². The number of ketones is 4. The van der Waals surface area contributed by atoms with E-state index < -0.39 is 22.7 Å². The Balaban J connectivity index is 0.694. The number of benzene rings is 10. The predicted octanol–water partition coefficient (Wildman–Crippen LogP) is 17.8. The van der Waals surface area contributed by atoms with Gasteiger partial charge < -0.3 is 50.5 Å². The molecular formula is C90H76N14O8. The van der Waals surface area contributed by atoms with Gasteiger partial charge in [-0.3, -0.25) is 28.8 Å². The number of aromatic nitrogens is 8. The molecule has 2 aliphatic carbocycles. The molecule has 0 bridgehead atoms. The largest absolute Gasteiger partial charge is 0.424 e. The second-order valence-corrected chi connectivity index (χ2v) is 28.8. The number of rotatable bonds is 21. The lowest BCUT2D eigenvalue weighted by Gasteiger charge is -2.26. The quantitative estimate of drug-likeness (QED) is 0.0288. The van der Waals surface area contributed by atoms with E-state index in [9.17, 15) is 19.2 Å². The standard InChI is InChI=1S/C90H76N14O8/c1-45-19-17-21-55(35-45)79(105)77-71-59-23-13-15-25-61(59)81(107)73-63(27-29-69(75(71)73)103(11)83(77)109)93-65-43-67(53(9)41-51(65)7)95-87-97-85(99-89(101-87)111-57-37-47(3)33-48(4)38-57)91-31-32-92-86-98-88(102-90(100-86)112-58-39-49(5)34-50(6)40-58)96-68-44-66(52(8)42-54(68)10)94-64-28-30-70-76-72(60-24-14-16-26-62(60)82(108)74(64)76)78(84(110)104(70)12)80(106)56-22-18-20-46(2)36-56/h13-30,33-44,93-94H,31-32H2,1-12H3,(H2,91,95,97,99,101)(H2,92,96,98,100,102). The van der Waals surface area contributed by atoms with E-state index in [2.05, 4.69) is 31.9 Å². The number of hydrogen-bond donors (Lipinski definition) is 6. The van der Waals surface area contributed by atoms with Crippen molar-refractivity contribution in [3.05, 3.63) is 303 Å². The summed E-state index contributed by atoms with van der Waals surface area (Å²) in [6.45, 7) is 20.0. The third kappa shape index (κ3) is 13.4. The number of fused-ring (bicyclic) bond motifs is 4. The van der Waals surface area contributed by atoms with Crippen LogP contribution < -0.4 is 52.5 Å². The average molecular weight is 1480 g/mol. The fraction of sp³-hybridized carbons (Fsp3) is 0.156. The van der Waals surface area contributed by atoms with Crippen molar-refractivity contribution in [2.45, 2.75) is 69.2 Å². The number of carbonyl (C=O) groups is 4. The molecule has 0 fully saturated rings. The normalized spacial score (nSPS) is 11.8. The maximum absolute atomic E-state index is 15.0. The number of hydrogen-bond acceptors (Lipinski definition) is 20. The van der Waals surface area contributed by atoms with Crippen molar-refractivity contribution in [1.82, 2.24) is 39.0 Å². The first kappa shape index (κ1) is 71.9. The zero-order chi connectivity index (χ0) is 78.2. The van der Waals surface area contributed by atoms with Crippen molar-refractivity contribution in [2.24, 2.45) is 14.1 Å². The fourth-order valence-electron chi connectivity index (χ4n) is 15.2. The molecule has 0 aliphatic heterocycles. The number of anilines is 10. The Labute approximate surface area is 644 Å². The second-order valence-electron chi connectivity index (χ2n) is 28.8. The molecule has 22 nitrogen and oxygen atoms in total. The van der Waals surface area contributed by atoms with Crippen LogP contribution in [0.3, 0.4) is 0 Å². The molecule has 0 amide bonds. The molecule has 0 saturated carbocycles. The topological polar surface area (TPSA) is 280 Å². The van der Waals surface area contributed by atoms with E-state index in [0.29, 0.717) is 123 Å². The maximum Gasteiger partial charge on any atom is 0.328 e. The molecule has 10 aromatic carbocycles. The van der Waals surface area contributed by atoms with Crippen molar-refractivity contribution >= 4 is 103 Å². The van der Waals surface area contributed by atoms with Gasteiger partial charge in [-0.05, 0) is 198 Å². The van der Waals surface area contributed by atoms with Gasteiger partial charge in [0, 0.05) is 94.1 Å². The number of nitrogens with one attached hydrogen (secondary N) is 6. The van der Waals surface area contributed by atoms with Gasteiger partial charge in [-0.2, -0.15) is 29.9 Å². The first-order chi connectivity index (χ1) is 53.9. The molecule has 0 saturated heterocycles. The second kappa shape index (κ2) is 28.7. The van der Waals surface area contributed by atoms with Gasteiger partial charge in [-0.25, -0.2) is 0 Å². The van der Waals surface area contributed by atoms with Crippen LogP contribution >= 0.6 is 0 Å². The fourth-order valence-corrected chi connectivity index (χ4v) is 15.2. The van der Waals surface area contributed by atoms with Crippen LogP contribution in [-0.4, -0.2) is 75.3 Å². The molecule has 22 heteroatoms. The molecule has 112 heavy (non-hydrogen) atoms. The lowest BCUT2D eigenvalue weighted by molar-refractivity contribution is 0.102. The summed E-state index contributed by atoms with van der Waals surface area (Å²) in [7, 11) is 3.25. The van der Waals surface area contributed by atoms with Gasteiger partial charge in [0.15, 0.2) is 23.1 Å². The highest BCUT2D eigenvalue weighted by Gasteiger charge is 2.37. The van der Waals surface area contributed by atoms with Crippen LogP contribution in [0.1, 0.15) is 119 Å². The zero-order valence-corrected chi connectivity index (χ0v) is 63.6. The van der Waals surface area contributed by atoms with Gasteiger partial charge >= 0.3 is 12.0 Å². The Morgan fingerprint density at radius 3 is 1.07 bits per heavy atom. The van der Waals surface area contributed by atoms with Gasteiger partial charge in [-0.1, -0.05) is 120 Å². The number of carbonyl (C=O) groups excluding carboxylic acids is 4. The molecule has 14 aromatic rings. The maximum atomic E-state index is 15.0. The number of nitrogens with zero attached hydrogens (tertiary/aromatic N) is 8. The van der Waals surface area contributed by atoms with Gasteiger partial charge in [-0.15, -0.1) is 0 Å². The Morgan fingerprint density at radius 2 is 0.696 bits per heavy atom.